The summed E-state index contributed by atoms with van der Waals surface area (Å²) in [6.45, 7) is 0.749. The summed E-state index contributed by atoms with van der Waals surface area (Å²) in [6, 6.07) is 5.59. The van der Waals surface area contributed by atoms with E-state index in [-0.39, 0.29) is 29.7 Å². The van der Waals surface area contributed by atoms with Crippen molar-refractivity contribution >= 4 is 29.3 Å². The van der Waals surface area contributed by atoms with Crippen molar-refractivity contribution in [2.75, 3.05) is 26.0 Å². The lowest BCUT2D eigenvalue weighted by atomic mass is 10.1. The van der Waals surface area contributed by atoms with E-state index in [0.29, 0.717) is 12.3 Å². The van der Waals surface area contributed by atoms with Gasteiger partial charge in [-0.05, 0) is 6.07 Å². The van der Waals surface area contributed by atoms with Gasteiger partial charge in [0.25, 0.3) is 11.6 Å². The van der Waals surface area contributed by atoms with Crippen LogP contribution >= 0.6 is 11.8 Å². The Bertz CT molecular complexity index is 577. The molecule has 1 aliphatic heterocycles. The van der Waals surface area contributed by atoms with E-state index in [0.717, 1.165) is 0 Å². The van der Waals surface area contributed by atoms with E-state index in [1.54, 1.807) is 0 Å². The van der Waals surface area contributed by atoms with Crippen molar-refractivity contribution in [3.8, 4) is 0 Å². The summed E-state index contributed by atoms with van der Waals surface area (Å²) in [6.07, 6.45) is 0. The Morgan fingerprint density at radius 2 is 2.24 bits per heavy atom. The summed E-state index contributed by atoms with van der Waals surface area (Å²) in [5, 5.41) is 10.3. The molecule has 2 rings (SSSR count). The van der Waals surface area contributed by atoms with Crippen LogP contribution in [0.1, 0.15) is 10.4 Å². The topological polar surface area (TPSA) is 89.8 Å². The number of rotatable bonds is 3. The zero-order valence-electron chi connectivity index (χ0n) is 11.4. The molecule has 7 nitrogen and oxygen atoms in total. The minimum atomic E-state index is -0.542. The molecule has 21 heavy (non-hydrogen) atoms. The van der Waals surface area contributed by atoms with E-state index in [4.69, 9.17) is 0 Å². The van der Waals surface area contributed by atoms with Gasteiger partial charge in [-0.3, -0.25) is 19.7 Å². The van der Waals surface area contributed by atoms with Gasteiger partial charge in [-0.25, -0.2) is 0 Å². The van der Waals surface area contributed by atoms with Crippen molar-refractivity contribution in [3.63, 3.8) is 0 Å². The van der Waals surface area contributed by atoms with Gasteiger partial charge in [0.05, 0.1) is 12.0 Å². The molecule has 0 saturated carbocycles. The standard InChI is InChI=1S/C13H14N2O5S/c1-20-13(17)11-8-14(5-6-21-11)12(16)9-3-2-4-10(7-9)15(18)19/h2-4,7,11H,5-6,8H2,1H3/t11-/m1/s1. The number of benzene rings is 1. The number of carbonyl (C=O) groups is 2. The van der Waals surface area contributed by atoms with Crippen molar-refractivity contribution in [1.82, 2.24) is 4.90 Å². The van der Waals surface area contributed by atoms with Crippen LogP contribution in [0.5, 0.6) is 0 Å². The second-order valence-corrected chi connectivity index (χ2v) is 5.75. The van der Waals surface area contributed by atoms with E-state index in [9.17, 15) is 19.7 Å². The van der Waals surface area contributed by atoms with Crippen LogP contribution in [0.25, 0.3) is 0 Å². The van der Waals surface area contributed by atoms with E-state index in [2.05, 4.69) is 4.74 Å². The summed E-state index contributed by atoms with van der Waals surface area (Å²) < 4.78 is 4.69. The molecule has 1 heterocycles. The van der Waals surface area contributed by atoms with Crippen molar-refractivity contribution in [3.05, 3.63) is 39.9 Å². The SMILES string of the molecule is COC(=O)[C@H]1CN(C(=O)c2cccc([N+](=O)[O-])c2)CCS1. The van der Waals surface area contributed by atoms with Crippen LogP contribution in [0.3, 0.4) is 0 Å². The number of hydrogen-bond acceptors (Lipinski definition) is 6. The van der Waals surface area contributed by atoms with Gasteiger partial charge in [0.15, 0.2) is 0 Å². The number of amides is 1. The number of carbonyl (C=O) groups excluding carboxylic acids is 2. The van der Waals surface area contributed by atoms with Crippen LogP contribution in [0.2, 0.25) is 0 Å². The molecule has 8 heteroatoms. The van der Waals surface area contributed by atoms with Gasteiger partial charge in [0.1, 0.15) is 5.25 Å². The molecule has 1 amide bonds. The molecule has 112 valence electrons. The van der Waals surface area contributed by atoms with Crippen LogP contribution in [-0.4, -0.2) is 52.9 Å². The minimum Gasteiger partial charge on any atom is -0.468 e. The first-order chi connectivity index (χ1) is 10.0. The normalized spacial score (nSPS) is 18.1. The molecule has 0 aliphatic carbocycles. The van der Waals surface area contributed by atoms with Gasteiger partial charge in [-0.2, -0.15) is 0 Å². The molecule has 1 fully saturated rings. The Morgan fingerprint density at radius 1 is 1.48 bits per heavy atom. The molecule has 1 aliphatic rings. The van der Waals surface area contributed by atoms with Crippen molar-refractivity contribution < 1.29 is 19.2 Å². The molecule has 0 aromatic heterocycles. The maximum atomic E-state index is 12.4. The monoisotopic (exact) mass is 310 g/mol. The smallest absolute Gasteiger partial charge is 0.320 e. The highest BCUT2D eigenvalue weighted by molar-refractivity contribution is 8.00. The average molecular weight is 310 g/mol. The summed E-state index contributed by atoms with van der Waals surface area (Å²) in [5.41, 5.74) is 0.122. The van der Waals surface area contributed by atoms with Gasteiger partial charge >= 0.3 is 5.97 Å². The Labute approximate surface area is 125 Å². The highest BCUT2D eigenvalue weighted by Gasteiger charge is 2.30. The van der Waals surface area contributed by atoms with Gasteiger partial charge in [-0.15, -0.1) is 11.8 Å². The number of methoxy groups -OCH3 is 1. The number of esters is 1. The molecular weight excluding hydrogens is 296 g/mol. The fourth-order valence-corrected chi connectivity index (χ4v) is 3.17. The average Bonchev–Trinajstić information content (AvgIpc) is 2.53. The highest BCUT2D eigenvalue weighted by atomic mass is 32.2. The van der Waals surface area contributed by atoms with E-state index in [1.165, 1.54) is 48.0 Å². The molecule has 0 spiro atoms. The molecule has 1 saturated heterocycles. The number of thioether (sulfide) groups is 1. The van der Waals surface area contributed by atoms with Crippen LogP contribution in [0, 0.1) is 10.1 Å². The highest BCUT2D eigenvalue weighted by Crippen LogP contribution is 2.22. The lowest BCUT2D eigenvalue weighted by molar-refractivity contribution is -0.384. The van der Waals surface area contributed by atoms with Crippen LogP contribution in [0.4, 0.5) is 5.69 Å². The van der Waals surface area contributed by atoms with Crippen LogP contribution in [-0.2, 0) is 9.53 Å². The third kappa shape index (κ3) is 3.52. The predicted octanol–water partition coefficient (Wildman–Crippen LogP) is 1.33. The Balaban J connectivity index is 2.14. The molecule has 0 radical (unpaired) electrons. The first-order valence-electron chi connectivity index (χ1n) is 6.26. The fourth-order valence-electron chi connectivity index (χ4n) is 2.04. The number of hydrogen-bond donors (Lipinski definition) is 0. The Hall–Kier alpha value is -2.09. The molecule has 1 aromatic rings. The second kappa shape index (κ2) is 6.57. The van der Waals surface area contributed by atoms with E-state index < -0.39 is 10.2 Å². The lowest BCUT2D eigenvalue weighted by Crippen LogP contribution is -2.44. The Kier molecular flexibility index (Phi) is 4.79. The molecular formula is C13H14N2O5S. The molecule has 1 atom stereocenters. The molecule has 0 unspecified atom stereocenters. The largest absolute Gasteiger partial charge is 0.468 e. The quantitative estimate of drug-likeness (QED) is 0.475. The van der Waals surface area contributed by atoms with Crippen molar-refractivity contribution in [2.24, 2.45) is 0 Å². The molecule has 1 aromatic carbocycles. The number of nitro benzene ring substituents is 1. The number of non-ortho nitro benzene ring substituents is 1. The summed E-state index contributed by atoms with van der Waals surface area (Å²) in [5.74, 6) is -0.0510. The second-order valence-electron chi connectivity index (χ2n) is 4.44. The lowest BCUT2D eigenvalue weighted by Gasteiger charge is -2.31. The molecule has 0 bridgehead atoms. The van der Waals surface area contributed by atoms with Crippen LogP contribution in [0.15, 0.2) is 24.3 Å². The summed E-state index contributed by atoms with van der Waals surface area (Å²) in [4.78, 5) is 35.6. The van der Waals surface area contributed by atoms with E-state index >= 15 is 0 Å². The minimum absolute atomic E-state index is 0.128. The molecule has 0 N–H and O–H groups in total. The summed E-state index contributed by atoms with van der Waals surface area (Å²) in [7, 11) is 1.31. The van der Waals surface area contributed by atoms with Gasteiger partial charge in [-0.1, -0.05) is 6.07 Å². The zero-order valence-corrected chi connectivity index (χ0v) is 12.2. The first kappa shape index (κ1) is 15.3. The van der Waals surface area contributed by atoms with Gasteiger partial charge < -0.3 is 9.64 Å². The summed E-state index contributed by atoms with van der Waals surface area (Å²) >= 11 is 1.44. The maximum Gasteiger partial charge on any atom is 0.320 e. The van der Waals surface area contributed by atoms with E-state index in [1.807, 2.05) is 0 Å². The number of ether oxygens (including phenoxy) is 1. The number of nitrogens with zero attached hydrogens (tertiary/aromatic N) is 2. The third-order valence-electron chi connectivity index (χ3n) is 3.12. The first-order valence-corrected chi connectivity index (χ1v) is 7.31. The maximum absolute atomic E-state index is 12.4. The van der Waals surface area contributed by atoms with Gasteiger partial charge in [0.2, 0.25) is 0 Å². The predicted molar refractivity (Wildman–Crippen MR) is 77.3 cm³/mol. The number of nitro groups is 1. The third-order valence-corrected chi connectivity index (χ3v) is 4.28. The van der Waals surface area contributed by atoms with Crippen molar-refractivity contribution in [2.45, 2.75) is 5.25 Å². The Morgan fingerprint density at radius 3 is 2.90 bits per heavy atom. The van der Waals surface area contributed by atoms with Crippen LogP contribution < -0.4 is 0 Å². The fraction of sp³-hybridized carbons (Fsp3) is 0.385. The van der Waals surface area contributed by atoms with Crippen molar-refractivity contribution in [1.29, 1.82) is 0 Å². The van der Waals surface area contributed by atoms with Gasteiger partial charge in [0, 0.05) is 36.5 Å². The zero-order chi connectivity index (χ0) is 15.4.